The molecule has 0 radical (unpaired) electrons. The fourth-order valence-electron chi connectivity index (χ4n) is 1.46. The van der Waals surface area contributed by atoms with E-state index in [0.717, 1.165) is 18.2 Å². The number of benzene rings is 1. The zero-order chi connectivity index (χ0) is 15.6. The molecule has 9 nitrogen and oxygen atoms in total. The Hall–Kier alpha value is -2.04. The standard InChI is InChI=1S/C10H9ClN4O5S/c1-6-13-10(14-20-6)5-12-21(18,19)9-4-7(15(16)17)2-3-8(9)11/h2-4,12H,5H2,1H3. The molecule has 112 valence electrons. The summed E-state index contributed by atoms with van der Waals surface area (Å²) in [5.41, 5.74) is -0.379. The summed E-state index contributed by atoms with van der Waals surface area (Å²) in [4.78, 5) is 13.4. The lowest BCUT2D eigenvalue weighted by Gasteiger charge is -2.06. The Morgan fingerprint density at radius 3 is 2.76 bits per heavy atom. The van der Waals surface area contributed by atoms with Crippen LogP contribution in [0.5, 0.6) is 0 Å². The average Bonchev–Trinajstić information content (AvgIpc) is 2.82. The van der Waals surface area contributed by atoms with Crippen molar-refractivity contribution in [3.8, 4) is 0 Å². The third-order valence-corrected chi connectivity index (χ3v) is 4.29. The molecule has 1 heterocycles. The molecule has 0 saturated carbocycles. The molecule has 1 N–H and O–H groups in total. The number of nitrogens with zero attached hydrogens (tertiary/aromatic N) is 3. The number of sulfonamides is 1. The van der Waals surface area contributed by atoms with Gasteiger partial charge in [0, 0.05) is 19.1 Å². The van der Waals surface area contributed by atoms with Crippen LogP contribution in [-0.4, -0.2) is 23.5 Å². The summed E-state index contributed by atoms with van der Waals surface area (Å²) >= 11 is 5.78. The van der Waals surface area contributed by atoms with Gasteiger partial charge < -0.3 is 4.52 Å². The number of non-ortho nitro benzene ring substituents is 1. The van der Waals surface area contributed by atoms with Gasteiger partial charge in [-0.1, -0.05) is 16.8 Å². The maximum Gasteiger partial charge on any atom is 0.270 e. The maximum absolute atomic E-state index is 12.1. The topological polar surface area (TPSA) is 128 Å². The van der Waals surface area contributed by atoms with Crippen molar-refractivity contribution in [1.82, 2.24) is 14.9 Å². The van der Waals surface area contributed by atoms with Crippen molar-refractivity contribution in [3.63, 3.8) is 0 Å². The van der Waals surface area contributed by atoms with E-state index in [-0.39, 0.29) is 29.0 Å². The number of aromatic nitrogens is 2. The summed E-state index contributed by atoms with van der Waals surface area (Å²) in [5.74, 6) is 0.426. The van der Waals surface area contributed by atoms with Crippen molar-refractivity contribution < 1.29 is 17.9 Å². The molecular formula is C10H9ClN4O5S. The summed E-state index contributed by atoms with van der Waals surface area (Å²) in [6, 6.07) is 3.14. The molecule has 0 amide bonds. The Bertz CT molecular complexity index is 788. The van der Waals surface area contributed by atoms with Gasteiger partial charge in [0.25, 0.3) is 5.69 Å². The van der Waals surface area contributed by atoms with Gasteiger partial charge in [-0.15, -0.1) is 0 Å². The highest BCUT2D eigenvalue weighted by atomic mass is 35.5. The molecule has 0 atom stereocenters. The highest BCUT2D eigenvalue weighted by molar-refractivity contribution is 7.89. The van der Waals surface area contributed by atoms with E-state index in [1.807, 2.05) is 0 Å². The lowest BCUT2D eigenvalue weighted by atomic mass is 10.3. The number of nitrogens with one attached hydrogen (secondary N) is 1. The first-order chi connectivity index (χ1) is 9.79. The Morgan fingerprint density at radius 1 is 1.48 bits per heavy atom. The van der Waals surface area contributed by atoms with E-state index >= 15 is 0 Å². The molecule has 11 heteroatoms. The second kappa shape index (κ2) is 5.76. The van der Waals surface area contributed by atoms with E-state index in [2.05, 4.69) is 14.9 Å². The molecule has 21 heavy (non-hydrogen) atoms. The second-order valence-corrected chi connectivity index (χ2v) is 6.07. The van der Waals surface area contributed by atoms with Crippen molar-refractivity contribution in [2.75, 3.05) is 0 Å². The molecule has 2 aromatic rings. The predicted octanol–water partition coefficient (Wildman–Crippen LogP) is 1.42. The minimum atomic E-state index is -4.04. The van der Waals surface area contributed by atoms with Gasteiger partial charge in [0.1, 0.15) is 4.90 Å². The van der Waals surface area contributed by atoms with Crippen molar-refractivity contribution in [2.45, 2.75) is 18.4 Å². The van der Waals surface area contributed by atoms with E-state index in [1.165, 1.54) is 0 Å². The lowest BCUT2D eigenvalue weighted by Crippen LogP contribution is -2.24. The molecule has 0 unspecified atom stereocenters. The largest absolute Gasteiger partial charge is 0.340 e. The zero-order valence-electron chi connectivity index (χ0n) is 10.6. The maximum atomic E-state index is 12.1. The Labute approximate surface area is 124 Å². The number of nitro groups is 1. The molecule has 1 aromatic heterocycles. The molecule has 0 fully saturated rings. The number of rotatable bonds is 5. The minimum absolute atomic E-state index is 0.127. The van der Waals surface area contributed by atoms with Gasteiger partial charge in [0.05, 0.1) is 16.5 Å². The van der Waals surface area contributed by atoms with Crippen LogP contribution in [0.4, 0.5) is 5.69 Å². The number of hydrogen-bond donors (Lipinski definition) is 1. The minimum Gasteiger partial charge on any atom is -0.340 e. The molecule has 1 aromatic carbocycles. The van der Waals surface area contributed by atoms with Crippen LogP contribution >= 0.6 is 11.6 Å². The van der Waals surface area contributed by atoms with Gasteiger partial charge >= 0.3 is 0 Å². The van der Waals surface area contributed by atoms with Gasteiger partial charge in [-0.2, -0.15) is 4.98 Å². The Balaban J connectivity index is 2.26. The van der Waals surface area contributed by atoms with Gasteiger partial charge in [-0.05, 0) is 6.07 Å². The normalized spacial score (nSPS) is 11.5. The van der Waals surface area contributed by atoms with Crippen molar-refractivity contribution in [1.29, 1.82) is 0 Å². The van der Waals surface area contributed by atoms with Crippen molar-refractivity contribution in [2.24, 2.45) is 0 Å². The Morgan fingerprint density at radius 2 is 2.19 bits per heavy atom. The summed E-state index contributed by atoms with van der Waals surface area (Å²) in [6.07, 6.45) is 0. The fourth-order valence-corrected chi connectivity index (χ4v) is 2.96. The molecule has 0 bridgehead atoms. The lowest BCUT2D eigenvalue weighted by molar-refractivity contribution is -0.385. The van der Waals surface area contributed by atoms with Crippen LogP contribution in [0.1, 0.15) is 11.7 Å². The first kappa shape index (κ1) is 15.4. The molecule has 0 aliphatic rings. The first-order valence-corrected chi connectivity index (χ1v) is 7.38. The Kier molecular flexibility index (Phi) is 4.21. The van der Waals surface area contributed by atoms with Crippen molar-refractivity contribution in [3.05, 3.63) is 45.1 Å². The summed E-state index contributed by atoms with van der Waals surface area (Å²) < 4.78 is 31.1. The first-order valence-electron chi connectivity index (χ1n) is 5.52. The SMILES string of the molecule is Cc1nc(CNS(=O)(=O)c2cc([N+](=O)[O-])ccc2Cl)no1. The molecule has 0 saturated heterocycles. The van der Waals surface area contributed by atoms with Gasteiger partial charge in [0.15, 0.2) is 5.82 Å². The van der Waals surface area contributed by atoms with Gasteiger partial charge in [-0.3, -0.25) is 10.1 Å². The van der Waals surface area contributed by atoms with Crippen LogP contribution in [0.3, 0.4) is 0 Å². The van der Waals surface area contributed by atoms with E-state index in [9.17, 15) is 18.5 Å². The quantitative estimate of drug-likeness (QED) is 0.647. The van der Waals surface area contributed by atoms with E-state index in [4.69, 9.17) is 16.1 Å². The average molecular weight is 333 g/mol. The summed E-state index contributed by atoms with van der Waals surface area (Å²) in [5, 5.41) is 14.1. The third kappa shape index (κ3) is 3.54. The zero-order valence-corrected chi connectivity index (χ0v) is 12.2. The van der Waals surface area contributed by atoms with Crippen LogP contribution in [-0.2, 0) is 16.6 Å². The van der Waals surface area contributed by atoms with Gasteiger partial charge in [0.2, 0.25) is 15.9 Å². The third-order valence-electron chi connectivity index (χ3n) is 2.41. The number of nitro benzene ring substituents is 1. The highest BCUT2D eigenvalue weighted by Crippen LogP contribution is 2.26. The summed E-state index contributed by atoms with van der Waals surface area (Å²) in [6.45, 7) is 1.33. The van der Waals surface area contributed by atoms with E-state index in [1.54, 1.807) is 6.92 Å². The van der Waals surface area contributed by atoms with Crippen LogP contribution in [0.25, 0.3) is 0 Å². The number of aryl methyl sites for hydroxylation is 1. The molecule has 0 spiro atoms. The van der Waals surface area contributed by atoms with Crippen LogP contribution in [0.2, 0.25) is 5.02 Å². The van der Waals surface area contributed by atoms with E-state index in [0.29, 0.717) is 0 Å². The van der Waals surface area contributed by atoms with Crippen LogP contribution < -0.4 is 4.72 Å². The van der Waals surface area contributed by atoms with Gasteiger partial charge in [-0.25, -0.2) is 13.1 Å². The molecule has 0 aliphatic heterocycles. The van der Waals surface area contributed by atoms with Crippen LogP contribution in [0.15, 0.2) is 27.6 Å². The van der Waals surface area contributed by atoms with Crippen LogP contribution in [0, 0.1) is 17.0 Å². The number of halogens is 1. The summed E-state index contributed by atoms with van der Waals surface area (Å²) in [7, 11) is -4.04. The number of hydrogen-bond acceptors (Lipinski definition) is 7. The van der Waals surface area contributed by atoms with E-state index < -0.39 is 19.8 Å². The smallest absolute Gasteiger partial charge is 0.270 e. The van der Waals surface area contributed by atoms with Crippen molar-refractivity contribution >= 4 is 27.3 Å². The molecule has 2 rings (SSSR count). The molecule has 0 aliphatic carbocycles. The molecular weight excluding hydrogens is 324 g/mol. The highest BCUT2D eigenvalue weighted by Gasteiger charge is 2.22. The monoisotopic (exact) mass is 332 g/mol. The second-order valence-electron chi connectivity index (χ2n) is 3.93. The fraction of sp³-hybridized carbons (Fsp3) is 0.200. The predicted molar refractivity (Wildman–Crippen MR) is 71.2 cm³/mol.